The van der Waals surface area contributed by atoms with Gasteiger partial charge in [-0.05, 0) is 45.9 Å². The Labute approximate surface area is 143 Å². The first kappa shape index (κ1) is 18.0. The minimum atomic E-state index is -0.510. The number of carbonyl (C=O) groups is 1. The summed E-state index contributed by atoms with van der Waals surface area (Å²) in [5.41, 5.74) is 0.182. The molecule has 2 aliphatic heterocycles. The van der Waals surface area contributed by atoms with E-state index < -0.39 is 5.60 Å². The summed E-state index contributed by atoms with van der Waals surface area (Å²) >= 11 is 0. The second-order valence-corrected chi connectivity index (χ2v) is 6.70. The highest BCUT2D eigenvalue weighted by Gasteiger charge is 2.36. The van der Waals surface area contributed by atoms with E-state index in [1.807, 2.05) is 26.8 Å². The molecule has 0 aliphatic carbocycles. The first-order valence-corrected chi connectivity index (χ1v) is 8.07. The van der Waals surface area contributed by atoms with E-state index in [1.54, 1.807) is 6.07 Å². The summed E-state index contributed by atoms with van der Waals surface area (Å²) in [5, 5.41) is 4.07. The molecule has 0 aromatic carbocycles. The van der Waals surface area contributed by atoms with Gasteiger partial charge in [-0.25, -0.2) is 0 Å². The Hall–Kier alpha value is -1.33. The van der Waals surface area contributed by atoms with Crippen molar-refractivity contribution in [3.05, 3.63) is 29.4 Å². The lowest BCUT2D eigenvalue weighted by molar-refractivity contribution is 0.0345. The minimum absolute atomic E-state index is 0. The van der Waals surface area contributed by atoms with Gasteiger partial charge in [0.05, 0.1) is 5.76 Å². The van der Waals surface area contributed by atoms with Crippen LogP contribution in [0.3, 0.4) is 0 Å². The molecule has 1 saturated heterocycles. The Bertz CT molecular complexity index is 592. The molecule has 6 heteroatoms. The summed E-state index contributed by atoms with van der Waals surface area (Å²) in [6.45, 7) is 8.84. The number of ether oxygens (including phenoxy) is 1. The third kappa shape index (κ3) is 3.78. The molecule has 3 rings (SSSR count). The molecule has 1 aromatic rings. The molecule has 2 aliphatic rings. The van der Waals surface area contributed by atoms with Crippen LogP contribution in [0.1, 0.15) is 56.3 Å². The van der Waals surface area contributed by atoms with Gasteiger partial charge in [0, 0.05) is 24.9 Å². The summed E-state index contributed by atoms with van der Waals surface area (Å²) in [6, 6.07) is 1.75. The molecule has 1 fully saturated rings. The lowest BCUT2D eigenvalue weighted by atomic mass is 9.97. The fraction of sp³-hybridized carbons (Fsp3) is 0.647. The summed E-state index contributed by atoms with van der Waals surface area (Å²) in [7, 11) is 0. The molecule has 0 saturated carbocycles. The molecule has 0 N–H and O–H groups in total. The van der Waals surface area contributed by atoms with Crippen molar-refractivity contribution in [3.8, 4) is 0 Å². The molecule has 1 aromatic heterocycles. The average Bonchev–Trinajstić information content (AvgIpc) is 3.19. The van der Waals surface area contributed by atoms with Crippen LogP contribution in [0, 0.1) is 5.92 Å². The Morgan fingerprint density at radius 3 is 2.74 bits per heavy atom. The highest BCUT2D eigenvalue weighted by atomic mass is 35.5. The molecular formula is C17H25ClN2O3. The van der Waals surface area contributed by atoms with Crippen LogP contribution in [-0.4, -0.2) is 35.5 Å². The number of rotatable bonds is 5. The van der Waals surface area contributed by atoms with Crippen LogP contribution < -0.4 is 0 Å². The van der Waals surface area contributed by atoms with E-state index in [0.29, 0.717) is 11.5 Å². The Kier molecular flexibility index (Phi) is 5.53. The highest BCUT2D eigenvalue weighted by molar-refractivity contribution is 5.95. The monoisotopic (exact) mass is 340 g/mol. The summed E-state index contributed by atoms with van der Waals surface area (Å²) in [4.78, 5) is 14.9. The molecule has 23 heavy (non-hydrogen) atoms. The van der Waals surface area contributed by atoms with E-state index in [1.165, 1.54) is 12.8 Å². The van der Waals surface area contributed by atoms with Crippen molar-refractivity contribution in [3.63, 3.8) is 0 Å². The fourth-order valence-electron chi connectivity index (χ4n) is 3.25. The molecule has 0 radical (unpaired) electrons. The molecule has 0 spiro atoms. The van der Waals surface area contributed by atoms with Gasteiger partial charge in [-0.1, -0.05) is 12.1 Å². The van der Waals surface area contributed by atoms with E-state index in [2.05, 4.69) is 10.1 Å². The molecule has 0 bridgehead atoms. The molecule has 128 valence electrons. The van der Waals surface area contributed by atoms with Crippen molar-refractivity contribution >= 4 is 18.2 Å². The van der Waals surface area contributed by atoms with Gasteiger partial charge in [-0.2, -0.15) is 0 Å². The van der Waals surface area contributed by atoms with Crippen molar-refractivity contribution < 1.29 is 14.1 Å². The molecular weight excluding hydrogens is 316 g/mol. The SMILES string of the molecule is CC1=CCC(C)(c2cc(C(=O)C(C)CN3CCCC3)on2)O1.Cl. The van der Waals surface area contributed by atoms with Crippen molar-refractivity contribution in [1.29, 1.82) is 0 Å². The van der Waals surface area contributed by atoms with Crippen LogP contribution in [-0.2, 0) is 10.3 Å². The number of carbonyl (C=O) groups excluding carboxylic acids is 1. The Morgan fingerprint density at radius 1 is 1.43 bits per heavy atom. The van der Waals surface area contributed by atoms with Gasteiger partial charge in [0.15, 0.2) is 5.60 Å². The zero-order chi connectivity index (χ0) is 15.7. The van der Waals surface area contributed by atoms with E-state index in [-0.39, 0.29) is 24.1 Å². The van der Waals surface area contributed by atoms with E-state index in [4.69, 9.17) is 9.26 Å². The normalized spacial score (nSPS) is 25.6. The first-order valence-electron chi connectivity index (χ1n) is 8.07. The largest absolute Gasteiger partial charge is 0.486 e. The van der Waals surface area contributed by atoms with Gasteiger partial charge < -0.3 is 14.2 Å². The van der Waals surface area contributed by atoms with Crippen LogP contribution in [0.25, 0.3) is 0 Å². The summed E-state index contributed by atoms with van der Waals surface area (Å²) in [5.74, 6) is 1.19. The lowest BCUT2D eigenvalue weighted by Crippen LogP contribution is -2.29. The Balaban J connectivity index is 0.00000192. The van der Waals surface area contributed by atoms with Crippen LogP contribution in [0.2, 0.25) is 0 Å². The number of hydrogen-bond acceptors (Lipinski definition) is 5. The average molecular weight is 341 g/mol. The van der Waals surface area contributed by atoms with Crippen LogP contribution in [0.5, 0.6) is 0 Å². The number of Topliss-reactive ketones (excluding diaryl/α,β-unsaturated/α-hetero) is 1. The van der Waals surface area contributed by atoms with Crippen LogP contribution >= 0.6 is 12.4 Å². The van der Waals surface area contributed by atoms with Crippen molar-refractivity contribution in [2.24, 2.45) is 5.92 Å². The van der Waals surface area contributed by atoms with Crippen molar-refractivity contribution in [2.45, 2.75) is 45.6 Å². The van der Waals surface area contributed by atoms with E-state index >= 15 is 0 Å². The first-order chi connectivity index (χ1) is 10.5. The second kappa shape index (κ2) is 7.05. The van der Waals surface area contributed by atoms with Gasteiger partial charge in [-0.3, -0.25) is 4.79 Å². The van der Waals surface area contributed by atoms with E-state index in [0.717, 1.165) is 31.8 Å². The van der Waals surface area contributed by atoms with E-state index in [9.17, 15) is 4.79 Å². The molecule has 2 unspecified atom stereocenters. The molecule has 2 atom stereocenters. The van der Waals surface area contributed by atoms with Crippen molar-refractivity contribution in [2.75, 3.05) is 19.6 Å². The number of allylic oxidation sites excluding steroid dienone is 1. The maximum Gasteiger partial charge on any atom is 0.204 e. The predicted molar refractivity (Wildman–Crippen MR) is 89.7 cm³/mol. The predicted octanol–water partition coefficient (Wildman–Crippen LogP) is 3.55. The minimum Gasteiger partial charge on any atom is -0.486 e. The molecule has 5 nitrogen and oxygen atoms in total. The van der Waals surface area contributed by atoms with Gasteiger partial charge in [-0.15, -0.1) is 12.4 Å². The third-order valence-electron chi connectivity index (χ3n) is 4.64. The topological polar surface area (TPSA) is 55.6 Å². The highest BCUT2D eigenvalue weighted by Crippen LogP contribution is 2.36. The van der Waals surface area contributed by atoms with Gasteiger partial charge in [0.25, 0.3) is 0 Å². The summed E-state index contributed by atoms with van der Waals surface area (Å²) < 4.78 is 11.1. The summed E-state index contributed by atoms with van der Waals surface area (Å²) in [6.07, 6.45) is 5.25. The quantitative estimate of drug-likeness (QED) is 0.767. The maximum atomic E-state index is 12.5. The number of halogens is 1. The number of nitrogens with zero attached hydrogens (tertiary/aromatic N) is 2. The second-order valence-electron chi connectivity index (χ2n) is 6.70. The van der Waals surface area contributed by atoms with Gasteiger partial charge >= 0.3 is 0 Å². The standard InChI is InChI=1S/C17H24N2O3.ClH/c1-12(11-19-8-4-5-9-19)16(20)14-10-15(18-22-14)17(3)7-6-13(2)21-17;/h6,10,12H,4-5,7-9,11H2,1-3H3;1H. The van der Waals surface area contributed by atoms with Crippen molar-refractivity contribution in [1.82, 2.24) is 10.1 Å². The fourth-order valence-corrected chi connectivity index (χ4v) is 3.25. The zero-order valence-electron chi connectivity index (χ0n) is 14.0. The number of aromatic nitrogens is 1. The maximum absolute atomic E-state index is 12.5. The van der Waals surface area contributed by atoms with Crippen LogP contribution in [0.15, 0.2) is 22.4 Å². The number of hydrogen-bond donors (Lipinski definition) is 0. The van der Waals surface area contributed by atoms with Crippen LogP contribution in [0.4, 0.5) is 0 Å². The number of likely N-dealkylation sites (tertiary alicyclic amines) is 1. The van der Waals surface area contributed by atoms with Gasteiger partial charge in [0.2, 0.25) is 11.5 Å². The van der Waals surface area contributed by atoms with Gasteiger partial charge in [0.1, 0.15) is 5.69 Å². The number of ketones is 1. The molecule has 3 heterocycles. The third-order valence-corrected chi connectivity index (χ3v) is 4.64. The Morgan fingerprint density at radius 2 is 2.13 bits per heavy atom. The smallest absolute Gasteiger partial charge is 0.204 e. The molecule has 0 amide bonds. The zero-order valence-corrected chi connectivity index (χ0v) is 14.8. The lowest BCUT2D eigenvalue weighted by Gasteiger charge is -2.21.